The average molecular weight is 953 g/mol. The summed E-state index contributed by atoms with van der Waals surface area (Å²) in [6.45, 7) is 26.0. The number of pyridine rings is 2. The van der Waals surface area contributed by atoms with Crippen molar-refractivity contribution in [2.75, 3.05) is 9.80 Å². The lowest BCUT2D eigenvalue weighted by Crippen LogP contribution is -2.40. The van der Waals surface area contributed by atoms with E-state index in [4.69, 9.17) is 9.47 Å². The molecular formula is C62H56N4O6. The molecule has 4 amide bonds. The zero-order valence-corrected chi connectivity index (χ0v) is 42.8. The highest BCUT2D eigenvalue weighted by atomic mass is 16.5. The van der Waals surface area contributed by atoms with Gasteiger partial charge in [0.05, 0.1) is 22.5 Å². The second kappa shape index (κ2) is 15.8. The van der Waals surface area contributed by atoms with E-state index in [1.165, 1.54) is 9.80 Å². The lowest BCUT2D eigenvalue weighted by atomic mass is 9.80. The molecule has 2 aliphatic rings. The van der Waals surface area contributed by atoms with E-state index in [0.29, 0.717) is 88.6 Å². The fourth-order valence-corrected chi connectivity index (χ4v) is 10.3. The van der Waals surface area contributed by atoms with E-state index in [1.54, 1.807) is 73.3 Å². The van der Waals surface area contributed by atoms with Gasteiger partial charge in [0.2, 0.25) is 0 Å². The normalized spacial score (nSPS) is 14.4. The number of amides is 4. The van der Waals surface area contributed by atoms with E-state index in [2.05, 4.69) is 105 Å². The van der Waals surface area contributed by atoms with Crippen LogP contribution in [-0.2, 0) is 21.7 Å². The number of carbonyl (C=O) groups excluding carboxylic acids is 4. The number of imide groups is 2. The lowest BCUT2D eigenvalue weighted by molar-refractivity contribution is 0.0877. The standard InChI is InChI=1S/C62H56N4O6/c1-59(2,3)33-25-34(60(4,5)6)28-39(27-33)71-47-31-45-49-43(55(67)65(57(45)69)37-17-21-63-22-18-37)16-14-42-52-48(72-40-29-35(61(7,8)9)26-36(30-40)62(10,11)12)32-46-50-44(15-13-41(54(50)52)51(47)53(42)49)56(68)66(58(46)70)38-19-23-64-24-20-38/h13-32H,1-12H3. The van der Waals surface area contributed by atoms with Crippen LogP contribution in [0.1, 0.15) is 147 Å². The third-order valence-corrected chi connectivity index (χ3v) is 14.3. The Balaban J connectivity index is 1.29. The van der Waals surface area contributed by atoms with Gasteiger partial charge in [0, 0.05) is 68.2 Å². The Labute approximate surface area is 418 Å². The van der Waals surface area contributed by atoms with Crippen molar-refractivity contribution in [2.45, 2.75) is 105 Å². The molecule has 360 valence electrons. The number of ether oxygens (including phenoxy) is 2. The summed E-state index contributed by atoms with van der Waals surface area (Å²) in [4.78, 5) is 70.7. The van der Waals surface area contributed by atoms with Gasteiger partial charge in [-0.05, 0) is 127 Å². The van der Waals surface area contributed by atoms with Gasteiger partial charge in [0.15, 0.2) is 0 Å². The highest BCUT2D eigenvalue weighted by molar-refractivity contribution is 6.46. The van der Waals surface area contributed by atoms with Crippen molar-refractivity contribution in [3.8, 4) is 23.0 Å². The van der Waals surface area contributed by atoms with E-state index < -0.39 is 23.6 Å². The molecule has 11 rings (SSSR count). The largest absolute Gasteiger partial charge is 0.457 e. The number of aromatic nitrogens is 2. The molecule has 0 bridgehead atoms. The van der Waals surface area contributed by atoms with Crippen LogP contribution in [0.5, 0.6) is 23.0 Å². The van der Waals surface area contributed by atoms with E-state index in [-0.39, 0.29) is 32.8 Å². The summed E-state index contributed by atoms with van der Waals surface area (Å²) in [6.07, 6.45) is 6.22. The molecule has 10 nitrogen and oxygen atoms in total. The minimum absolute atomic E-state index is 0.239. The molecule has 0 atom stereocenters. The first-order valence-corrected chi connectivity index (χ1v) is 24.4. The van der Waals surface area contributed by atoms with E-state index in [0.717, 1.165) is 22.3 Å². The van der Waals surface area contributed by atoms with Gasteiger partial charge in [-0.3, -0.25) is 29.1 Å². The first kappa shape index (κ1) is 46.4. The van der Waals surface area contributed by atoms with Crippen LogP contribution in [-0.4, -0.2) is 33.6 Å². The Morgan fingerprint density at radius 3 is 0.958 bits per heavy atom. The fourth-order valence-electron chi connectivity index (χ4n) is 10.3. The second-order valence-electron chi connectivity index (χ2n) is 23.4. The van der Waals surface area contributed by atoms with Crippen LogP contribution in [0.2, 0.25) is 0 Å². The van der Waals surface area contributed by atoms with Crippen LogP contribution in [0.15, 0.2) is 122 Å². The number of anilines is 2. The monoisotopic (exact) mass is 952 g/mol. The van der Waals surface area contributed by atoms with E-state index in [9.17, 15) is 9.59 Å². The van der Waals surface area contributed by atoms with Crippen LogP contribution in [0.4, 0.5) is 11.4 Å². The van der Waals surface area contributed by atoms with Crippen molar-refractivity contribution in [1.29, 1.82) is 0 Å². The molecule has 2 aromatic heterocycles. The first-order chi connectivity index (χ1) is 33.9. The summed E-state index contributed by atoms with van der Waals surface area (Å²) < 4.78 is 14.5. The summed E-state index contributed by atoms with van der Waals surface area (Å²) in [6, 6.07) is 30.0. The van der Waals surface area contributed by atoms with Crippen molar-refractivity contribution in [2.24, 2.45) is 0 Å². The molecule has 0 saturated carbocycles. The Bertz CT molecular complexity index is 3500. The molecule has 0 fully saturated rings. The number of hydrogen-bond donors (Lipinski definition) is 0. The van der Waals surface area contributed by atoms with Crippen LogP contribution < -0.4 is 19.3 Å². The Morgan fingerprint density at radius 2 is 0.653 bits per heavy atom. The smallest absolute Gasteiger partial charge is 0.266 e. The first-order valence-electron chi connectivity index (χ1n) is 24.4. The third-order valence-electron chi connectivity index (χ3n) is 14.3. The number of hydrogen-bond acceptors (Lipinski definition) is 8. The summed E-state index contributed by atoms with van der Waals surface area (Å²) >= 11 is 0. The molecule has 2 aliphatic heterocycles. The summed E-state index contributed by atoms with van der Waals surface area (Å²) in [7, 11) is 0. The van der Waals surface area contributed by atoms with Crippen molar-refractivity contribution in [3.63, 3.8) is 0 Å². The van der Waals surface area contributed by atoms with Crippen LogP contribution in [0, 0.1) is 0 Å². The third kappa shape index (κ3) is 7.29. The van der Waals surface area contributed by atoms with Gasteiger partial charge in [-0.25, -0.2) is 9.80 Å². The summed E-state index contributed by atoms with van der Waals surface area (Å²) in [5.74, 6) is -0.109. The van der Waals surface area contributed by atoms with Gasteiger partial charge < -0.3 is 9.47 Å². The van der Waals surface area contributed by atoms with Crippen LogP contribution in [0.25, 0.3) is 43.1 Å². The SMILES string of the molecule is CC(C)(C)c1cc(Oc2cc3c4c(ccc5c6c(Oc7cc(C(C)(C)C)cc(C(C)(C)C)c7)cc7c8c(ccc(c2c45)c86)C(=O)N(c2ccncc2)C7=O)C(=O)N(c2ccncc2)C3=O)cc(C(C)(C)C)c1. The second-order valence-corrected chi connectivity index (χ2v) is 23.4. The van der Waals surface area contributed by atoms with E-state index in [1.807, 2.05) is 36.4 Å². The lowest BCUT2D eigenvalue weighted by Gasteiger charge is -2.31. The fraction of sp³-hybridized carbons (Fsp3) is 0.258. The number of benzene rings is 7. The average Bonchev–Trinajstić information content (AvgIpc) is 3.32. The van der Waals surface area contributed by atoms with Crippen molar-refractivity contribution in [1.82, 2.24) is 9.97 Å². The van der Waals surface area contributed by atoms with Gasteiger partial charge in [-0.2, -0.15) is 0 Å². The van der Waals surface area contributed by atoms with Crippen molar-refractivity contribution >= 4 is 78.1 Å². The highest BCUT2D eigenvalue weighted by Gasteiger charge is 2.40. The molecular weight excluding hydrogens is 897 g/mol. The predicted octanol–water partition coefficient (Wildman–Crippen LogP) is 14.9. The number of nitrogens with zero attached hydrogens (tertiary/aromatic N) is 4. The molecule has 0 saturated heterocycles. The molecule has 0 N–H and O–H groups in total. The molecule has 9 aromatic rings. The maximum absolute atomic E-state index is 15.2. The van der Waals surface area contributed by atoms with Gasteiger partial charge in [-0.1, -0.05) is 107 Å². The Hall–Kier alpha value is -7.98. The molecule has 0 radical (unpaired) electrons. The molecule has 4 heterocycles. The minimum atomic E-state index is -0.514. The molecule has 0 aliphatic carbocycles. The van der Waals surface area contributed by atoms with Crippen molar-refractivity contribution < 1.29 is 28.7 Å². The van der Waals surface area contributed by atoms with E-state index >= 15 is 9.59 Å². The molecule has 7 aromatic carbocycles. The summed E-state index contributed by atoms with van der Waals surface area (Å²) in [5, 5.41) is 4.71. The van der Waals surface area contributed by atoms with Gasteiger partial charge in [-0.15, -0.1) is 0 Å². The summed E-state index contributed by atoms with van der Waals surface area (Å²) in [5.41, 5.74) is 5.32. The predicted molar refractivity (Wildman–Crippen MR) is 286 cm³/mol. The maximum Gasteiger partial charge on any atom is 0.266 e. The van der Waals surface area contributed by atoms with Gasteiger partial charge >= 0.3 is 0 Å². The number of carbonyl (C=O) groups is 4. The molecule has 0 spiro atoms. The molecule has 10 heteroatoms. The Kier molecular flexibility index (Phi) is 10.2. The molecule has 72 heavy (non-hydrogen) atoms. The topological polar surface area (TPSA) is 119 Å². The quantitative estimate of drug-likeness (QED) is 0.0918. The van der Waals surface area contributed by atoms with Gasteiger partial charge in [0.1, 0.15) is 23.0 Å². The molecule has 0 unspecified atom stereocenters. The highest BCUT2D eigenvalue weighted by Crippen LogP contribution is 2.54. The Morgan fingerprint density at radius 1 is 0.347 bits per heavy atom. The van der Waals surface area contributed by atoms with Crippen molar-refractivity contribution in [3.05, 3.63) is 166 Å². The minimum Gasteiger partial charge on any atom is -0.457 e. The van der Waals surface area contributed by atoms with Gasteiger partial charge in [0.25, 0.3) is 23.6 Å². The zero-order chi connectivity index (χ0) is 51.1. The zero-order valence-electron chi connectivity index (χ0n) is 42.8. The van der Waals surface area contributed by atoms with Crippen LogP contribution in [0.3, 0.4) is 0 Å². The maximum atomic E-state index is 15.2. The number of fused-ring (bicyclic) bond motifs is 2. The van der Waals surface area contributed by atoms with Crippen LogP contribution >= 0.6 is 0 Å². The number of rotatable bonds is 6.